The maximum absolute atomic E-state index is 4.91. The second-order valence-electron chi connectivity index (χ2n) is 6.07. The molecule has 0 spiro atoms. The fraction of sp³-hybridized carbons (Fsp3) is 0.812. The highest BCUT2D eigenvalue weighted by atomic mass is 32.1. The van der Waals surface area contributed by atoms with E-state index in [9.17, 15) is 0 Å². The van der Waals surface area contributed by atoms with E-state index in [0.717, 1.165) is 25.4 Å². The Kier molecular flexibility index (Phi) is 5.85. The second-order valence-corrected chi connectivity index (χ2v) is 7.13. The van der Waals surface area contributed by atoms with Gasteiger partial charge in [0.1, 0.15) is 0 Å². The molecule has 2 heterocycles. The van der Waals surface area contributed by atoms with Crippen LogP contribution in [0.2, 0.25) is 0 Å². The van der Waals surface area contributed by atoms with Crippen molar-refractivity contribution in [1.82, 2.24) is 10.3 Å². The first-order valence-corrected chi connectivity index (χ1v) is 8.93. The fourth-order valence-corrected chi connectivity index (χ4v) is 4.22. The molecule has 1 saturated heterocycles. The average molecular weight is 295 g/mol. The minimum atomic E-state index is 0.631. The smallest absolute Gasteiger partial charge is 0.186 e. The van der Waals surface area contributed by atoms with E-state index < -0.39 is 0 Å². The third-order valence-corrected chi connectivity index (χ3v) is 5.33. The molecular formula is C16H29N3S. The quantitative estimate of drug-likeness (QED) is 0.808. The van der Waals surface area contributed by atoms with E-state index in [1.165, 1.54) is 41.5 Å². The van der Waals surface area contributed by atoms with Crippen LogP contribution in [0.15, 0.2) is 0 Å². The van der Waals surface area contributed by atoms with E-state index in [1.807, 2.05) is 11.3 Å². The van der Waals surface area contributed by atoms with Crippen LogP contribution in [0, 0.1) is 5.92 Å². The maximum Gasteiger partial charge on any atom is 0.186 e. The van der Waals surface area contributed by atoms with Gasteiger partial charge in [0.15, 0.2) is 5.13 Å². The van der Waals surface area contributed by atoms with E-state index in [1.54, 1.807) is 0 Å². The number of piperidine rings is 1. The lowest BCUT2D eigenvalue weighted by Gasteiger charge is -2.36. The normalized spacial score (nSPS) is 23.3. The van der Waals surface area contributed by atoms with Gasteiger partial charge in [-0.05, 0) is 45.1 Å². The molecule has 1 aromatic heterocycles. The van der Waals surface area contributed by atoms with Crippen molar-refractivity contribution in [3.05, 3.63) is 10.6 Å². The summed E-state index contributed by atoms with van der Waals surface area (Å²) in [5.41, 5.74) is 1.29. The average Bonchev–Trinajstić information content (AvgIpc) is 2.82. The molecule has 2 unspecified atom stereocenters. The Morgan fingerprint density at radius 1 is 1.35 bits per heavy atom. The summed E-state index contributed by atoms with van der Waals surface area (Å²) in [4.78, 5) is 8.86. The minimum absolute atomic E-state index is 0.631. The highest BCUT2D eigenvalue weighted by Crippen LogP contribution is 2.32. The zero-order chi connectivity index (χ0) is 14.5. The third-order valence-electron chi connectivity index (χ3n) is 4.20. The molecule has 0 saturated carbocycles. The molecule has 1 aliphatic heterocycles. The maximum atomic E-state index is 4.91. The van der Waals surface area contributed by atoms with Crippen LogP contribution >= 0.6 is 11.3 Å². The van der Waals surface area contributed by atoms with Crippen LogP contribution in [0.25, 0.3) is 0 Å². The Bertz CT molecular complexity index is 416. The van der Waals surface area contributed by atoms with Crippen molar-refractivity contribution in [3.8, 4) is 0 Å². The number of anilines is 1. The summed E-state index contributed by atoms with van der Waals surface area (Å²) in [6, 6.07) is 0.631. The first-order chi connectivity index (χ1) is 9.65. The molecule has 0 radical (unpaired) electrons. The minimum Gasteiger partial charge on any atom is -0.345 e. The predicted octanol–water partition coefficient (Wildman–Crippen LogP) is 3.83. The van der Waals surface area contributed by atoms with Crippen molar-refractivity contribution in [3.63, 3.8) is 0 Å². The molecule has 4 heteroatoms. The lowest BCUT2D eigenvalue weighted by Crippen LogP contribution is -2.40. The van der Waals surface area contributed by atoms with Crippen LogP contribution < -0.4 is 10.2 Å². The van der Waals surface area contributed by atoms with Gasteiger partial charge in [0.25, 0.3) is 0 Å². The van der Waals surface area contributed by atoms with Crippen LogP contribution in [-0.2, 0) is 13.0 Å². The van der Waals surface area contributed by atoms with Crippen molar-refractivity contribution < 1.29 is 0 Å². The predicted molar refractivity (Wildman–Crippen MR) is 88.7 cm³/mol. The molecule has 0 bridgehead atoms. The molecule has 2 rings (SSSR count). The van der Waals surface area contributed by atoms with E-state index in [-0.39, 0.29) is 0 Å². The zero-order valence-electron chi connectivity index (χ0n) is 13.4. The Morgan fingerprint density at radius 3 is 2.80 bits per heavy atom. The second kappa shape index (κ2) is 7.41. The number of thiazole rings is 1. The number of rotatable bonds is 6. The van der Waals surface area contributed by atoms with Crippen molar-refractivity contribution in [1.29, 1.82) is 0 Å². The third kappa shape index (κ3) is 3.73. The summed E-state index contributed by atoms with van der Waals surface area (Å²) >= 11 is 1.90. The van der Waals surface area contributed by atoms with E-state index >= 15 is 0 Å². The molecule has 20 heavy (non-hydrogen) atoms. The molecule has 0 aromatic carbocycles. The highest BCUT2D eigenvalue weighted by molar-refractivity contribution is 7.15. The first-order valence-electron chi connectivity index (χ1n) is 8.11. The molecule has 2 atom stereocenters. The molecule has 0 aliphatic carbocycles. The van der Waals surface area contributed by atoms with Gasteiger partial charge in [-0.3, -0.25) is 0 Å². The molecule has 114 valence electrons. The first kappa shape index (κ1) is 15.8. The molecule has 3 nitrogen and oxygen atoms in total. The molecule has 1 fully saturated rings. The number of aromatic nitrogens is 1. The van der Waals surface area contributed by atoms with Crippen molar-refractivity contribution in [2.75, 3.05) is 18.0 Å². The van der Waals surface area contributed by atoms with Crippen LogP contribution in [-0.4, -0.2) is 24.1 Å². The molecule has 1 N–H and O–H groups in total. The van der Waals surface area contributed by atoms with Gasteiger partial charge in [0.2, 0.25) is 0 Å². The number of hydrogen-bond acceptors (Lipinski definition) is 4. The number of hydrogen-bond donors (Lipinski definition) is 1. The van der Waals surface area contributed by atoms with E-state index in [0.29, 0.717) is 6.04 Å². The number of nitrogens with one attached hydrogen (secondary N) is 1. The fourth-order valence-electron chi connectivity index (χ4n) is 2.98. The monoisotopic (exact) mass is 295 g/mol. The largest absolute Gasteiger partial charge is 0.345 e. The lowest BCUT2D eigenvalue weighted by molar-refractivity contribution is 0.377. The molecule has 1 aliphatic rings. The molecule has 1 aromatic rings. The summed E-state index contributed by atoms with van der Waals surface area (Å²) in [7, 11) is 0. The topological polar surface area (TPSA) is 28.2 Å². The zero-order valence-corrected chi connectivity index (χ0v) is 14.2. The summed E-state index contributed by atoms with van der Waals surface area (Å²) in [5.74, 6) is 0.859. The number of aryl methyl sites for hydroxylation is 1. The highest BCUT2D eigenvalue weighted by Gasteiger charge is 2.25. The van der Waals surface area contributed by atoms with Gasteiger partial charge in [-0.1, -0.05) is 20.8 Å². The Hall–Kier alpha value is -0.610. The standard InChI is InChI=1S/C16H29N3S/c1-5-8-17-11-15-14(6-2)18-16(20-15)19-9-7-12(3)10-13(19)4/h12-13,17H,5-11H2,1-4H3. The van der Waals surface area contributed by atoms with E-state index in [2.05, 4.69) is 37.9 Å². The molecule has 0 amide bonds. The summed E-state index contributed by atoms with van der Waals surface area (Å²) in [5, 5.41) is 4.76. The van der Waals surface area contributed by atoms with Gasteiger partial charge in [0, 0.05) is 24.0 Å². The van der Waals surface area contributed by atoms with Crippen LogP contribution in [0.1, 0.15) is 57.5 Å². The Labute approximate surface area is 127 Å². The Balaban J connectivity index is 2.08. The van der Waals surface area contributed by atoms with Crippen molar-refractivity contribution in [2.24, 2.45) is 5.92 Å². The van der Waals surface area contributed by atoms with Crippen molar-refractivity contribution >= 4 is 16.5 Å². The molecular weight excluding hydrogens is 266 g/mol. The van der Waals surface area contributed by atoms with Gasteiger partial charge < -0.3 is 10.2 Å². The Morgan fingerprint density at radius 2 is 2.15 bits per heavy atom. The van der Waals surface area contributed by atoms with Gasteiger partial charge in [-0.15, -0.1) is 11.3 Å². The summed E-state index contributed by atoms with van der Waals surface area (Å²) < 4.78 is 0. The van der Waals surface area contributed by atoms with Crippen LogP contribution in [0.5, 0.6) is 0 Å². The van der Waals surface area contributed by atoms with Gasteiger partial charge in [-0.25, -0.2) is 4.98 Å². The van der Waals surface area contributed by atoms with Crippen LogP contribution in [0.3, 0.4) is 0 Å². The summed E-state index contributed by atoms with van der Waals surface area (Å²) in [6.45, 7) is 12.4. The van der Waals surface area contributed by atoms with Gasteiger partial charge >= 0.3 is 0 Å². The van der Waals surface area contributed by atoms with Gasteiger partial charge in [0.05, 0.1) is 5.69 Å². The van der Waals surface area contributed by atoms with Crippen LogP contribution in [0.4, 0.5) is 5.13 Å². The number of nitrogens with zero attached hydrogens (tertiary/aromatic N) is 2. The summed E-state index contributed by atoms with van der Waals surface area (Å²) in [6.07, 6.45) is 4.83. The lowest BCUT2D eigenvalue weighted by atomic mass is 9.94. The SMILES string of the molecule is CCCNCc1sc(N2CCC(C)CC2C)nc1CC. The van der Waals surface area contributed by atoms with Crippen molar-refractivity contribution in [2.45, 2.75) is 66.0 Å². The van der Waals surface area contributed by atoms with E-state index in [4.69, 9.17) is 4.98 Å². The van der Waals surface area contributed by atoms with Gasteiger partial charge in [-0.2, -0.15) is 0 Å².